The quantitative estimate of drug-likeness (QED) is 0.289. The van der Waals surface area contributed by atoms with Crippen molar-refractivity contribution in [1.82, 2.24) is 4.90 Å². The van der Waals surface area contributed by atoms with E-state index >= 15 is 0 Å². The number of aromatic hydroxyl groups is 1. The van der Waals surface area contributed by atoms with Gasteiger partial charge in [0, 0.05) is 43.1 Å². The number of nitriles is 1. The first-order chi connectivity index (χ1) is 19.2. The fraction of sp³-hybridized carbons (Fsp3) is 0.281. The standard InChI is InChI=1S/C32H32FN3O4/c1-20(19-36(12-4-11-34)32(39)24-8-7-21(2)28(33)16-24)13-29-27(15-22-5-3-6-23(14-22)18-35)31(38)26-10-9-25(37)17-30(26)40-29/h3,5-10,14,16-17,20,37H,4,11-13,15,19,34H2,1-2H3. The highest BCUT2D eigenvalue weighted by Gasteiger charge is 2.22. The van der Waals surface area contributed by atoms with E-state index in [1.165, 1.54) is 24.3 Å². The topological polar surface area (TPSA) is 121 Å². The highest BCUT2D eigenvalue weighted by molar-refractivity contribution is 5.94. The Hall–Kier alpha value is -4.48. The number of nitrogens with zero attached hydrogens (tertiary/aromatic N) is 2. The molecule has 1 amide bonds. The molecule has 0 radical (unpaired) electrons. The SMILES string of the molecule is Cc1ccc(C(=O)N(CCCN)CC(C)Cc2oc3cc(O)ccc3c(=O)c2Cc2cccc(C#N)c2)cc1F. The summed E-state index contributed by atoms with van der Waals surface area (Å²) in [6.07, 6.45) is 1.18. The summed E-state index contributed by atoms with van der Waals surface area (Å²) in [7, 11) is 0. The van der Waals surface area contributed by atoms with Crippen molar-refractivity contribution in [2.75, 3.05) is 19.6 Å². The molecule has 4 rings (SSSR count). The molecule has 0 bridgehead atoms. The molecule has 0 saturated carbocycles. The number of halogens is 1. The lowest BCUT2D eigenvalue weighted by molar-refractivity contribution is 0.0729. The smallest absolute Gasteiger partial charge is 0.253 e. The average Bonchev–Trinajstić information content (AvgIpc) is 2.94. The van der Waals surface area contributed by atoms with Gasteiger partial charge in [-0.15, -0.1) is 0 Å². The second kappa shape index (κ2) is 12.6. The fourth-order valence-electron chi connectivity index (χ4n) is 4.79. The second-order valence-electron chi connectivity index (χ2n) is 10.2. The number of aryl methyl sites for hydroxylation is 1. The number of carbonyl (C=O) groups is 1. The monoisotopic (exact) mass is 541 g/mol. The highest BCUT2D eigenvalue weighted by atomic mass is 19.1. The fourth-order valence-corrected chi connectivity index (χ4v) is 4.79. The Morgan fingerprint density at radius 3 is 2.70 bits per heavy atom. The molecule has 8 heteroatoms. The van der Waals surface area contributed by atoms with Crippen molar-refractivity contribution in [3.63, 3.8) is 0 Å². The largest absolute Gasteiger partial charge is 0.508 e. The molecule has 1 heterocycles. The number of hydrogen-bond donors (Lipinski definition) is 2. The van der Waals surface area contributed by atoms with Gasteiger partial charge in [-0.3, -0.25) is 9.59 Å². The number of benzene rings is 3. The maximum atomic E-state index is 14.2. The van der Waals surface area contributed by atoms with E-state index in [0.29, 0.717) is 60.3 Å². The average molecular weight is 542 g/mol. The molecule has 0 fully saturated rings. The molecule has 7 nitrogen and oxygen atoms in total. The Balaban J connectivity index is 1.67. The van der Waals surface area contributed by atoms with E-state index in [1.54, 1.807) is 42.2 Å². The lowest BCUT2D eigenvalue weighted by Crippen LogP contribution is -2.37. The predicted molar refractivity (Wildman–Crippen MR) is 152 cm³/mol. The minimum Gasteiger partial charge on any atom is -0.508 e. The number of carbonyl (C=O) groups excluding carboxylic acids is 1. The predicted octanol–water partition coefficient (Wildman–Crippen LogP) is 5.08. The molecule has 3 aromatic carbocycles. The summed E-state index contributed by atoms with van der Waals surface area (Å²) >= 11 is 0. The van der Waals surface area contributed by atoms with Crippen molar-refractivity contribution in [2.45, 2.75) is 33.1 Å². The summed E-state index contributed by atoms with van der Waals surface area (Å²) in [5.74, 6) is -0.445. The van der Waals surface area contributed by atoms with Crippen LogP contribution in [0.3, 0.4) is 0 Å². The van der Waals surface area contributed by atoms with Gasteiger partial charge in [-0.1, -0.05) is 25.1 Å². The molecule has 0 aliphatic carbocycles. The van der Waals surface area contributed by atoms with Crippen LogP contribution >= 0.6 is 0 Å². The van der Waals surface area contributed by atoms with Gasteiger partial charge in [0.25, 0.3) is 5.91 Å². The van der Waals surface area contributed by atoms with Crippen molar-refractivity contribution in [2.24, 2.45) is 11.7 Å². The first-order valence-electron chi connectivity index (χ1n) is 13.2. The van der Waals surface area contributed by atoms with Gasteiger partial charge in [-0.25, -0.2) is 4.39 Å². The van der Waals surface area contributed by atoms with Gasteiger partial charge in [-0.05, 0) is 73.3 Å². The van der Waals surface area contributed by atoms with Crippen LogP contribution in [0.25, 0.3) is 11.0 Å². The number of rotatable bonds is 10. The third kappa shape index (κ3) is 6.56. The maximum absolute atomic E-state index is 14.2. The zero-order valence-corrected chi connectivity index (χ0v) is 22.6. The number of fused-ring (bicyclic) bond motifs is 1. The third-order valence-electron chi connectivity index (χ3n) is 6.89. The molecule has 4 aromatic rings. The highest BCUT2D eigenvalue weighted by Crippen LogP contribution is 2.25. The van der Waals surface area contributed by atoms with E-state index in [4.69, 9.17) is 10.2 Å². The van der Waals surface area contributed by atoms with Gasteiger partial charge in [0.2, 0.25) is 0 Å². The van der Waals surface area contributed by atoms with E-state index in [9.17, 15) is 24.3 Å². The first kappa shape index (κ1) is 28.5. The van der Waals surface area contributed by atoms with Crippen LogP contribution in [0, 0.1) is 30.0 Å². The molecule has 3 N–H and O–H groups in total. The summed E-state index contributed by atoms with van der Waals surface area (Å²) in [5, 5.41) is 19.6. The van der Waals surface area contributed by atoms with Gasteiger partial charge < -0.3 is 20.2 Å². The summed E-state index contributed by atoms with van der Waals surface area (Å²) < 4.78 is 20.4. The minimum absolute atomic E-state index is 0.0204. The summed E-state index contributed by atoms with van der Waals surface area (Å²) in [6.45, 7) is 4.72. The third-order valence-corrected chi connectivity index (χ3v) is 6.89. The molecule has 0 saturated heterocycles. The Morgan fingerprint density at radius 2 is 1.98 bits per heavy atom. The van der Waals surface area contributed by atoms with Gasteiger partial charge in [0.15, 0.2) is 5.43 Å². The minimum atomic E-state index is -0.441. The van der Waals surface area contributed by atoms with Crippen LogP contribution in [0.4, 0.5) is 4.39 Å². The van der Waals surface area contributed by atoms with Crippen LogP contribution < -0.4 is 11.2 Å². The van der Waals surface area contributed by atoms with Crippen LogP contribution in [-0.2, 0) is 12.8 Å². The molecular formula is C32H32FN3O4. The van der Waals surface area contributed by atoms with Crippen molar-refractivity contribution < 1.29 is 18.7 Å². The normalized spacial score (nSPS) is 11.8. The molecule has 0 aliphatic rings. The molecule has 1 aromatic heterocycles. The number of phenols is 1. The first-order valence-corrected chi connectivity index (χ1v) is 13.2. The van der Waals surface area contributed by atoms with E-state index in [1.807, 2.05) is 13.0 Å². The van der Waals surface area contributed by atoms with E-state index < -0.39 is 5.82 Å². The Morgan fingerprint density at radius 1 is 1.18 bits per heavy atom. The van der Waals surface area contributed by atoms with Crippen LogP contribution in [-0.4, -0.2) is 35.5 Å². The Kier molecular flexibility index (Phi) is 8.97. The number of nitrogens with two attached hydrogens (primary N) is 1. The number of hydrogen-bond acceptors (Lipinski definition) is 6. The van der Waals surface area contributed by atoms with Crippen molar-refractivity contribution in [3.8, 4) is 11.8 Å². The van der Waals surface area contributed by atoms with E-state index in [2.05, 4.69) is 6.07 Å². The Labute approximate surface area is 232 Å². The lowest BCUT2D eigenvalue weighted by Gasteiger charge is -2.26. The van der Waals surface area contributed by atoms with Crippen molar-refractivity contribution in [3.05, 3.63) is 110 Å². The van der Waals surface area contributed by atoms with Gasteiger partial charge in [0.05, 0.1) is 17.0 Å². The van der Waals surface area contributed by atoms with E-state index in [-0.39, 0.29) is 40.6 Å². The van der Waals surface area contributed by atoms with Crippen LogP contribution in [0.2, 0.25) is 0 Å². The molecule has 40 heavy (non-hydrogen) atoms. The zero-order chi connectivity index (χ0) is 28.8. The van der Waals surface area contributed by atoms with Crippen LogP contribution in [0.15, 0.2) is 69.9 Å². The van der Waals surface area contributed by atoms with Gasteiger partial charge in [0.1, 0.15) is 22.9 Å². The summed E-state index contributed by atoms with van der Waals surface area (Å²) in [5.41, 5.74) is 8.25. The summed E-state index contributed by atoms with van der Waals surface area (Å²) in [4.78, 5) is 28.6. The lowest BCUT2D eigenvalue weighted by atomic mass is 9.95. The van der Waals surface area contributed by atoms with Crippen molar-refractivity contribution >= 4 is 16.9 Å². The number of phenolic OH excluding ortho intramolecular Hbond substituents is 1. The van der Waals surface area contributed by atoms with Crippen LogP contribution in [0.1, 0.15) is 51.7 Å². The maximum Gasteiger partial charge on any atom is 0.253 e. The number of amides is 1. The Bertz CT molecular complexity index is 1640. The van der Waals surface area contributed by atoms with E-state index in [0.717, 1.165) is 5.56 Å². The molecule has 1 unspecified atom stereocenters. The van der Waals surface area contributed by atoms with Gasteiger partial charge >= 0.3 is 0 Å². The molecule has 206 valence electrons. The molecule has 0 spiro atoms. The second-order valence-corrected chi connectivity index (χ2v) is 10.2. The molecular weight excluding hydrogens is 509 g/mol. The van der Waals surface area contributed by atoms with Gasteiger partial charge in [-0.2, -0.15) is 5.26 Å². The summed E-state index contributed by atoms with van der Waals surface area (Å²) in [6, 6.07) is 18.0. The van der Waals surface area contributed by atoms with Crippen molar-refractivity contribution in [1.29, 1.82) is 5.26 Å². The molecule has 0 aliphatic heterocycles. The zero-order valence-electron chi connectivity index (χ0n) is 22.6. The van der Waals surface area contributed by atoms with Crippen LogP contribution in [0.5, 0.6) is 5.75 Å². The molecule has 1 atom stereocenters.